The molecule has 3 nitrogen and oxygen atoms in total. The van der Waals surface area contributed by atoms with Crippen LogP contribution in [0.1, 0.15) is 78.1 Å². The summed E-state index contributed by atoms with van der Waals surface area (Å²) < 4.78 is 11.5. The summed E-state index contributed by atoms with van der Waals surface area (Å²) in [6.07, 6.45) is 11.8. The summed E-state index contributed by atoms with van der Waals surface area (Å²) in [6.45, 7) is 8.36. The topological polar surface area (TPSA) is 35.5 Å². The molecule has 0 radical (unpaired) electrons. The van der Waals surface area contributed by atoms with E-state index in [0.29, 0.717) is 5.57 Å². The van der Waals surface area contributed by atoms with E-state index in [2.05, 4.69) is 13.5 Å². The van der Waals surface area contributed by atoms with Crippen LogP contribution in [0.15, 0.2) is 12.2 Å². The summed E-state index contributed by atoms with van der Waals surface area (Å²) in [5.74, 6) is -0.282. The molecule has 0 aromatic heterocycles. The van der Waals surface area contributed by atoms with E-state index >= 15 is 0 Å². The Morgan fingerprint density at radius 3 is 2.33 bits per heavy atom. The van der Waals surface area contributed by atoms with Crippen molar-refractivity contribution in [3.05, 3.63) is 12.2 Å². The number of hydrogen-bond donors (Lipinski definition) is 0. The molecule has 0 aliphatic heterocycles. The number of unbranched alkanes of at least 4 members (excludes halogenated alkanes) is 5. The molecule has 0 aromatic rings. The van der Waals surface area contributed by atoms with Crippen molar-refractivity contribution in [2.75, 3.05) is 6.61 Å². The molecule has 3 heteroatoms. The van der Waals surface area contributed by atoms with E-state index in [1.807, 2.05) is 0 Å². The van der Waals surface area contributed by atoms with Gasteiger partial charge in [0.25, 0.3) is 0 Å². The van der Waals surface area contributed by atoms with Gasteiger partial charge in [0, 0.05) is 12.2 Å². The van der Waals surface area contributed by atoms with Gasteiger partial charge in [0.1, 0.15) is 6.10 Å². The van der Waals surface area contributed by atoms with E-state index in [9.17, 15) is 4.79 Å². The first-order valence-electron chi connectivity index (χ1n) is 8.63. The van der Waals surface area contributed by atoms with Gasteiger partial charge in [-0.3, -0.25) is 0 Å². The van der Waals surface area contributed by atoms with Gasteiger partial charge in [-0.25, -0.2) is 4.79 Å². The van der Waals surface area contributed by atoms with Crippen LogP contribution in [0.3, 0.4) is 0 Å². The zero-order valence-corrected chi connectivity index (χ0v) is 13.9. The maximum absolute atomic E-state index is 11.7. The van der Waals surface area contributed by atoms with Gasteiger partial charge in [0.05, 0.1) is 6.10 Å². The molecule has 0 amide bonds. The van der Waals surface area contributed by atoms with Gasteiger partial charge in [-0.15, -0.1) is 0 Å². The van der Waals surface area contributed by atoms with Crippen molar-refractivity contribution in [2.24, 2.45) is 0 Å². The SMILES string of the molecule is C=C(C)C(=O)OC1CCCCC1OCCCCCCCC. The molecule has 2 atom stereocenters. The van der Waals surface area contributed by atoms with E-state index < -0.39 is 0 Å². The van der Waals surface area contributed by atoms with E-state index in [-0.39, 0.29) is 18.2 Å². The second-order valence-corrected chi connectivity index (χ2v) is 6.19. The van der Waals surface area contributed by atoms with Crippen LogP contribution in [0.5, 0.6) is 0 Å². The van der Waals surface area contributed by atoms with Crippen LogP contribution in [0.4, 0.5) is 0 Å². The van der Waals surface area contributed by atoms with Crippen molar-refractivity contribution < 1.29 is 14.3 Å². The minimum atomic E-state index is -0.282. The quantitative estimate of drug-likeness (QED) is 0.330. The van der Waals surface area contributed by atoms with Gasteiger partial charge in [-0.05, 0) is 32.6 Å². The molecule has 1 aliphatic rings. The number of ether oxygens (including phenoxy) is 2. The lowest BCUT2D eigenvalue weighted by Gasteiger charge is -2.31. The standard InChI is InChI=1S/C18H32O3/c1-4-5-6-7-8-11-14-20-16-12-9-10-13-17(16)21-18(19)15(2)3/h16-17H,2,4-14H2,1,3H3. The normalized spacial score (nSPS) is 22.0. The monoisotopic (exact) mass is 296 g/mol. The fraction of sp³-hybridized carbons (Fsp3) is 0.833. The lowest BCUT2D eigenvalue weighted by atomic mass is 9.94. The Hall–Kier alpha value is -0.830. The Labute approximate surface area is 130 Å². The molecular weight excluding hydrogens is 264 g/mol. The number of rotatable bonds is 10. The van der Waals surface area contributed by atoms with E-state index in [1.54, 1.807) is 6.92 Å². The van der Waals surface area contributed by atoms with Crippen LogP contribution in [0.25, 0.3) is 0 Å². The first-order chi connectivity index (χ1) is 10.1. The number of esters is 1. The summed E-state index contributed by atoms with van der Waals surface area (Å²) in [5.41, 5.74) is 0.468. The van der Waals surface area contributed by atoms with Gasteiger partial charge in [0.2, 0.25) is 0 Å². The molecule has 1 saturated carbocycles. The molecule has 0 heterocycles. The highest BCUT2D eigenvalue weighted by atomic mass is 16.6. The van der Waals surface area contributed by atoms with Crippen molar-refractivity contribution in [1.29, 1.82) is 0 Å². The van der Waals surface area contributed by atoms with Crippen LogP contribution in [-0.4, -0.2) is 24.8 Å². The summed E-state index contributed by atoms with van der Waals surface area (Å²) in [5, 5.41) is 0. The molecule has 1 rings (SSSR count). The summed E-state index contributed by atoms with van der Waals surface area (Å²) in [7, 11) is 0. The highest BCUT2D eigenvalue weighted by Crippen LogP contribution is 2.25. The lowest BCUT2D eigenvalue weighted by molar-refractivity contribution is -0.156. The van der Waals surface area contributed by atoms with Crippen LogP contribution in [-0.2, 0) is 14.3 Å². The van der Waals surface area contributed by atoms with Crippen molar-refractivity contribution in [2.45, 2.75) is 90.3 Å². The molecular formula is C18H32O3. The van der Waals surface area contributed by atoms with Gasteiger partial charge in [-0.2, -0.15) is 0 Å². The average Bonchev–Trinajstić information content (AvgIpc) is 2.47. The molecule has 122 valence electrons. The first-order valence-corrected chi connectivity index (χ1v) is 8.63. The smallest absolute Gasteiger partial charge is 0.333 e. The predicted molar refractivity (Wildman–Crippen MR) is 86.3 cm³/mol. The number of hydrogen-bond acceptors (Lipinski definition) is 3. The molecule has 1 fully saturated rings. The third-order valence-electron chi connectivity index (χ3n) is 4.08. The van der Waals surface area contributed by atoms with Crippen LogP contribution in [0, 0.1) is 0 Å². The van der Waals surface area contributed by atoms with E-state index in [1.165, 1.54) is 38.5 Å². The molecule has 0 spiro atoms. The zero-order valence-electron chi connectivity index (χ0n) is 13.9. The Kier molecular flexibility index (Phi) is 9.40. The largest absolute Gasteiger partial charge is 0.456 e. The second-order valence-electron chi connectivity index (χ2n) is 6.19. The second kappa shape index (κ2) is 10.8. The fourth-order valence-electron chi connectivity index (χ4n) is 2.74. The Morgan fingerprint density at radius 2 is 1.67 bits per heavy atom. The van der Waals surface area contributed by atoms with Crippen LogP contribution in [0.2, 0.25) is 0 Å². The van der Waals surface area contributed by atoms with Crippen molar-refractivity contribution in [3.63, 3.8) is 0 Å². The highest BCUT2D eigenvalue weighted by molar-refractivity contribution is 5.87. The van der Waals surface area contributed by atoms with Crippen LogP contribution < -0.4 is 0 Å². The van der Waals surface area contributed by atoms with Gasteiger partial charge in [-0.1, -0.05) is 52.0 Å². The lowest BCUT2D eigenvalue weighted by Crippen LogP contribution is -2.36. The Bertz CT molecular complexity index is 312. The highest BCUT2D eigenvalue weighted by Gasteiger charge is 2.29. The van der Waals surface area contributed by atoms with Gasteiger partial charge >= 0.3 is 5.97 Å². The third-order valence-corrected chi connectivity index (χ3v) is 4.08. The molecule has 0 aromatic carbocycles. The Morgan fingerprint density at radius 1 is 1.05 bits per heavy atom. The van der Waals surface area contributed by atoms with Crippen molar-refractivity contribution in [3.8, 4) is 0 Å². The average molecular weight is 296 g/mol. The molecule has 0 N–H and O–H groups in total. The van der Waals surface area contributed by atoms with Gasteiger partial charge < -0.3 is 9.47 Å². The number of carbonyl (C=O) groups is 1. The van der Waals surface area contributed by atoms with Crippen LogP contribution >= 0.6 is 0 Å². The van der Waals surface area contributed by atoms with E-state index in [0.717, 1.165) is 32.3 Å². The minimum Gasteiger partial charge on any atom is -0.456 e. The molecule has 21 heavy (non-hydrogen) atoms. The summed E-state index contributed by atoms with van der Waals surface area (Å²) in [6, 6.07) is 0. The molecule has 2 unspecified atom stereocenters. The van der Waals surface area contributed by atoms with Gasteiger partial charge in [0.15, 0.2) is 0 Å². The maximum Gasteiger partial charge on any atom is 0.333 e. The zero-order chi connectivity index (χ0) is 15.5. The maximum atomic E-state index is 11.7. The molecule has 0 bridgehead atoms. The third kappa shape index (κ3) is 7.66. The summed E-state index contributed by atoms with van der Waals surface area (Å²) >= 11 is 0. The summed E-state index contributed by atoms with van der Waals surface area (Å²) in [4.78, 5) is 11.7. The van der Waals surface area contributed by atoms with E-state index in [4.69, 9.17) is 9.47 Å². The number of carbonyl (C=O) groups excluding carboxylic acids is 1. The van der Waals surface area contributed by atoms with Crippen molar-refractivity contribution in [1.82, 2.24) is 0 Å². The fourth-order valence-corrected chi connectivity index (χ4v) is 2.74. The molecule has 0 saturated heterocycles. The minimum absolute atomic E-state index is 0.0805. The molecule has 1 aliphatic carbocycles. The van der Waals surface area contributed by atoms with Crippen molar-refractivity contribution >= 4 is 5.97 Å². The Balaban J connectivity index is 2.20. The predicted octanol–water partition coefficient (Wildman–Crippen LogP) is 4.79. The first kappa shape index (κ1) is 18.2.